The Bertz CT molecular complexity index is 459. The van der Waals surface area contributed by atoms with Crippen molar-refractivity contribution in [3.8, 4) is 5.75 Å². The monoisotopic (exact) mass is 290 g/mol. The number of nitrogens with zero attached hydrogens (tertiary/aromatic N) is 1. The van der Waals surface area contributed by atoms with Crippen LogP contribution < -0.4 is 10.1 Å². The molecule has 1 fully saturated rings. The third kappa shape index (κ3) is 4.19. The Balaban J connectivity index is 2.01. The number of ether oxygens (including phenoxy) is 1. The lowest BCUT2D eigenvalue weighted by atomic mass is 9.82. The highest BCUT2D eigenvalue weighted by Gasteiger charge is 2.23. The van der Waals surface area contributed by atoms with Crippen LogP contribution in [-0.4, -0.2) is 24.7 Å². The van der Waals surface area contributed by atoms with Crippen LogP contribution in [0, 0.1) is 19.8 Å². The highest BCUT2D eigenvalue weighted by Crippen LogP contribution is 2.30. The quantitative estimate of drug-likeness (QED) is 0.865. The zero-order chi connectivity index (χ0) is 15.2. The Hall–Kier alpha value is -1.09. The molecule has 21 heavy (non-hydrogen) atoms. The lowest BCUT2D eigenvalue weighted by Gasteiger charge is -2.30. The second-order valence-electron chi connectivity index (χ2n) is 6.43. The third-order valence-corrected chi connectivity index (χ3v) is 4.70. The van der Waals surface area contributed by atoms with E-state index in [1.807, 2.05) is 6.20 Å². The van der Waals surface area contributed by atoms with Crippen LogP contribution in [0.4, 0.5) is 0 Å². The normalized spacial score (nSPS) is 22.3. The van der Waals surface area contributed by atoms with Gasteiger partial charge in [0.25, 0.3) is 0 Å². The van der Waals surface area contributed by atoms with Crippen molar-refractivity contribution < 1.29 is 4.74 Å². The Kier molecular flexibility index (Phi) is 6.04. The van der Waals surface area contributed by atoms with Crippen molar-refractivity contribution in [1.29, 1.82) is 0 Å². The molecule has 0 saturated heterocycles. The SMILES string of the molecule is CCCNC1CCCC(Cc2ncc(C)c(OC)c2C)C1. The van der Waals surface area contributed by atoms with Crippen molar-refractivity contribution in [2.75, 3.05) is 13.7 Å². The summed E-state index contributed by atoms with van der Waals surface area (Å²) >= 11 is 0. The van der Waals surface area contributed by atoms with E-state index in [2.05, 4.69) is 31.1 Å². The summed E-state index contributed by atoms with van der Waals surface area (Å²) < 4.78 is 5.53. The van der Waals surface area contributed by atoms with Gasteiger partial charge in [0.05, 0.1) is 7.11 Å². The summed E-state index contributed by atoms with van der Waals surface area (Å²) in [6.45, 7) is 7.59. The predicted molar refractivity (Wildman–Crippen MR) is 88.0 cm³/mol. The molecule has 0 bridgehead atoms. The molecular weight excluding hydrogens is 260 g/mol. The molecule has 0 aromatic carbocycles. The maximum atomic E-state index is 5.53. The second-order valence-corrected chi connectivity index (χ2v) is 6.43. The van der Waals surface area contributed by atoms with Crippen LogP contribution in [0.15, 0.2) is 6.20 Å². The van der Waals surface area contributed by atoms with E-state index >= 15 is 0 Å². The van der Waals surface area contributed by atoms with E-state index in [9.17, 15) is 0 Å². The molecular formula is C18H30N2O. The second kappa shape index (κ2) is 7.79. The minimum atomic E-state index is 0.705. The van der Waals surface area contributed by atoms with Gasteiger partial charge in [-0.05, 0) is 58.4 Å². The number of nitrogens with one attached hydrogen (secondary N) is 1. The van der Waals surface area contributed by atoms with Crippen LogP contribution >= 0.6 is 0 Å². The maximum absolute atomic E-state index is 5.53. The number of methoxy groups -OCH3 is 1. The average Bonchev–Trinajstić information content (AvgIpc) is 2.49. The smallest absolute Gasteiger partial charge is 0.128 e. The molecule has 0 amide bonds. The third-order valence-electron chi connectivity index (χ3n) is 4.70. The van der Waals surface area contributed by atoms with E-state index in [0.29, 0.717) is 6.04 Å². The van der Waals surface area contributed by atoms with E-state index in [1.54, 1.807) is 7.11 Å². The average molecular weight is 290 g/mol. The molecule has 2 atom stereocenters. The number of hydrogen-bond donors (Lipinski definition) is 1. The van der Waals surface area contributed by atoms with E-state index < -0.39 is 0 Å². The summed E-state index contributed by atoms with van der Waals surface area (Å²) in [5, 5.41) is 3.69. The molecule has 2 unspecified atom stereocenters. The van der Waals surface area contributed by atoms with Crippen molar-refractivity contribution >= 4 is 0 Å². The Labute approximate surface area is 129 Å². The van der Waals surface area contributed by atoms with Gasteiger partial charge in [-0.1, -0.05) is 13.3 Å². The van der Waals surface area contributed by atoms with Crippen molar-refractivity contribution in [2.24, 2.45) is 5.92 Å². The zero-order valence-electron chi connectivity index (χ0n) is 14.0. The van der Waals surface area contributed by atoms with Crippen molar-refractivity contribution in [2.45, 2.75) is 65.3 Å². The highest BCUT2D eigenvalue weighted by molar-refractivity contribution is 5.41. The molecule has 3 heteroatoms. The molecule has 1 aromatic rings. The molecule has 1 saturated carbocycles. The topological polar surface area (TPSA) is 34.2 Å². The summed E-state index contributed by atoms with van der Waals surface area (Å²) in [4.78, 5) is 4.67. The fraction of sp³-hybridized carbons (Fsp3) is 0.722. The van der Waals surface area contributed by atoms with Crippen molar-refractivity contribution in [3.05, 3.63) is 23.0 Å². The summed E-state index contributed by atoms with van der Waals surface area (Å²) in [6.07, 6.45) is 9.56. The van der Waals surface area contributed by atoms with Crippen molar-refractivity contribution in [1.82, 2.24) is 10.3 Å². The molecule has 1 N–H and O–H groups in total. The van der Waals surface area contributed by atoms with Crippen LogP contribution in [-0.2, 0) is 6.42 Å². The van der Waals surface area contributed by atoms with Gasteiger partial charge in [0, 0.05) is 29.1 Å². The van der Waals surface area contributed by atoms with Gasteiger partial charge in [0.2, 0.25) is 0 Å². The highest BCUT2D eigenvalue weighted by atomic mass is 16.5. The number of pyridine rings is 1. The molecule has 0 spiro atoms. The zero-order valence-corrected chi connectivity index (χ0v) is 14.0. The first-order valence-corrected chi connectivity index (χ1v) is 8.38. The first-order chi connectivity index (χ1) is 10.2. The van der Waals surface area contributed by atoms with Crippen LogP contribution in [0.2, 0.25) is 0 Å². The first kappa shape index (κ1) is 16.3. The van der Waals surface area contributed by atoms with Gasteiger partial charge < -0.3 is 10.1 Å². The molecule has 3 nitrogen and oxygen atoms in total. The fourth-order valence-electron chi connectivity index (χ4n) is 3.56. The summed E-state index contributed by atoms with van der Waals surface area (Å²) in [6, 6.07) is 0.705. The van der Waals surface area contributed by atoms with E-state index in [-0.39, 0.29) is 0 Å². The summed E-state index contributed by atoms with van der Waals surface area (Å²) in [5.41, 5.74) is 3.57. The summed E-state index contributed by atoms with van der Waals surface area (Å²) in [5.74, 6) is 1.77. The van der Waals surface area contributed by atoms with Gasteiger partial charge in [0.15, 0.2) is 0 Å². The van der Waals surface area contributed by atoms with Gasteiger partial charge >= 0.3 is 0 Å². The molecule has 1 heterocycles. The van der Waals surface area contributed by atoms with E-state index in [4.69, 9.17) is 4.74 Å². The molecule has 118 valence electrons. The Morgan fingerprint density at radius 2 is 2.14 bits per heavy atom. The van der Waals surface area contributed by atoms with Gasteiger partial charge in [0.1, 0.15) is 5.75 Å². The van der Waals surface area contributed by atoms with Crippen LogP contribution in [0.1, 0.15) is 55.8 Å². The van der Waals surface area contributed by atoms with E-state index in [0.717, 1.165) is 30.2 Å². The van der Waals surface area contributed by atoms with Gasteiger partial charge in [-0.3, -0.25) is 4.98 Å². The van der Waals surface area contributed by atoms with Gasteiger partial charge in [-0.25, -0.2) is 0 Å². The summed E-state index contributed by atoms with van der Waals surface area (Å²) in [7, 11) is 1.75. The maximum Gasteiger partial charge on any atom is 0.128 e. The minimum Gasteiger partial charge on any atom is -0.496 e. The molecule has 1 aromatic heterocycles. The Morgan fingerprint density at radius 3 is 2.86 bits per heavy atom. The van der Waals surface area contributed by atoms with E-state index in [1.165, 1.54) is 43.4 Å². The molecule has 1 aliphatic rings. The van der Waals surface area contributed by atoms with Crippen LogP contribution in [0.25, 0.3) is 0 Å². The molecule has 1 aliphatic carbocycles. The minimum absolute atomic E-state index is 0.705. The largest absolute Gasteiger partial charge is 0.496 e. The number of rotatable bonds is 6. The standard InChI is InChI=1S/C18H30N2O/c1-5-9-19-16-8-6-7-15(10-16)11-17-14(3)18(21-4)13(2)12-20-17/h12,15-16,19H,5-11H2,1-4H3. The molecule has 2 rings (SSSR count). The van der Waals surface area contributed by atoms with Gasteiger partial charge in [-0.15, -0.1) is 0 Å². The molecule has 0 radical (unpaired) electrons. The lowest BCUT2D eigenvalue weighted by molar-refractivity contribution is 0.282. The first-order valence-electron chi connectivity index (χ1n) is 8.38. The Morgan fingerprint density at radius 1 is 1.33 bits per heavy atom. The van der Waals surface area contributed by atoms with Crippen LogP contribution in [0.5, 0.6) is 5.75 Å². The molecule has 0 aliphatic heterocycles. The predicted octanol–water partition coefficient (Wildman–Crippen LogP) is 3.81. The number of aromatic nitrogens is 1. The van der Waals surface area contributed by atoms with Crippen LogP contribution in [0.3, 0.4) is 0 Å². The number of hydrogen-bond acceptors (Lipinski definition) is 3. The number of aryl methyl sites for hydroxylation is 1. The fourth-order valence-corrected chi connectivity index (χ4v) is 3.56. The van der Waals surface area contributed by atoms with Gasteiger partial charge in [-0.2, -0.15) is 0 Å². The lowest BCUT2D eigenvalue weighted by Crippen LogP contribution is -2.35. The van der Waals surface area contributed by atoms with Crippen molar-refractivity contribution in [3.63, 3.8) is 0 Å².